The molecule has 27 heavy (non-hydrogen) atoms. The molecule has 1 amide bonds. The van der Waals surface area contributed by atoms with Crippen LogP contribution in [0.25, 0.3) is 0 Å². The SMILES string of the molecule is O=C(NC1CCCC1)c1ccc(N2CCN(c3ccccc3F)CC2)nc1. The zero-order valence-electron chi connectivity index (χ0n) is 15.4. The predicted molar refractivity (Wildman–Crippen MR) is 105 cm³/mol. The molecular weight excluding hydrogens is 343 g/mol. The van der Waals surface area contributed by atoms with Crippen LogP contribution >= 0.6 is 0 Å². The van der Waals surface area contributed by atoms with Crippen LogP contribution in [-0.2, 0) is 0 Å². The lowest BCUT2D eigenvalue weighted by atomic mass is 10.2. The molecule has 0 bridgehead atoms. The van der Waals surface area contributed by atoms with E-state index in [0.29, 0.717) is 17.3 Å². The third kappa shape index (κ3) is 4.04. The van der Waals surface area contributed by atoms with Crippen molar-refractivity contribution < 1.29 is 9.18 Å². The van der Waals surface area contributed by atoms with Gasteiger partial charge in [-0.2, -0.15) is 0 Å². The van der Waals surface area contributed by atoms with E-state index in [9.17, 15) is 9.18 Å². The molecule has 5 nitrogen and oxygen atoms in total. The van der Waals surface area contributed by atoms with Gasteiger partial charge in [-0.3, -0.25) is 4.79 Å². The smallest absolute Gasteiger partial charge is 0.253 e. The van der Waals surface area contributed by atoms with Crippen LogP contribution in [0.1, 0.15) is 36.0 Å². The number of nitrogens with zero attached hydrogens (tertiary/aromatic N) is 3. The molecule has 1 saturated carbocycles. The number of para-hydroxylation sites is 1. The number of piperazine rings is 1. The lowest BCUT2D eigenvalue weighted by Gasteiger charge is -2.36. The number of amides is 1. The average molecular weight is 368 g/mol. The Labute approximate surface area is 159 Å². The minimum Gasteiger partial charge on any atom is -0.366 e. The van der Waals surface area contributed by atoms with Crippen molar-refractivity contribution in [1.29, 1.82) is 0 Å². The van der Waals surface area contributed by atoms with Crippen LogP contribution in [0.3, 0.4) is 0 Å². The number of halogens is 1. The van der Waals surface area contributed by atoms with Crippen molar-refractivity contribution in [3.05, 3.63) is 54.0 Å². The molecule has 1 aromatic heterocycles. The standard InChI is InChI=1S/C21H25FN4O/c22-18-7-3-4-8-19(18)25-11-13-26(14-12-25)20-10-9-16(15-23-20)21(27)24-17-5-1-2-6-17/h3-4,7-10,15,17H,1-2,5-6,11-14H2,(H,24,27). The Kier molecular flexibility index (Phi) is 5.23. The number of anilines is 2. The molecule has 2 aliphatic rings. The lowest BCUT2D eigenvalue weighted by Crippen LogP contribution is -2.47. The van der Waals surface area contributed by atoms with Crippen LogP contribution in [0.4, 0.5) is 15.9 Å². The van der Waals surface area contributed by atoms with Crippen molar-refractivity contribution >= 4 is 17.4 Å². The number of hydrogen-bond donors (Lipinski definition) is 1. The second-order valence-corrected chi connectivity index (χ2v) is 7.29. The molecule has 2 fully saturated rings. The summed E-state index contributed by atoms with van der Waals surface area (Å²) in [4.78, 5) is 21.0. The van der Waals surface area contributed by atoms with E-state index in [-0.39, 0.29) is 11.7 Å². The number of benzene rings is 1. The first-order chi connectivity index (χ1) is 13.2. The lowest BCUT2D eigenvalue weighted by molar-refractivity contribution is 0.0937. The molecule has 2 heterocycles. The summed E-state index contributed by atoms with van der Waals surface area (Å²) >= 11 is 0. The highest BCUT2D eigenvalue weighted by Gasteiger charge is 2.21. The van der Waals surface area contributed by atoms with Crippen molar-refractivity contribution in [1.82, 2.24) is 10.3 Å². The van der Waals surface area contributed by atoms with Gasteiger partial charge in [-0.05, 0) is 37.1 Å². The fraction of sp³-hybridized carbons (Fsp3) is 0.429. The molecule has 0 radical (unpaired) electrons. The van der Waals surface area contributed by atoms with E-state index in [0.717, 1.165) is 44.8 Å². The van der Waals surface area contributed by atoms with Crippen LogP contribution < -0.4 is 15.1 Å². The van der Waals surface area contributed by atoms with Crippen LogP contribution in [0, 0.1) is 5.82 Å². The highest BCUT2D eigenvalue weighted by Crippen LogP contribution is 2.22. The summed E-state index contributed by atoms with van der Waals surface area (Å²) in [6.07, 6.45) is 6.19. The van der Waals surface area contributed by atoms with E-state index in [2.05, 4.69) is 20.1 Å². The minimum absolute atomic E-state index is 0.0367. The normalized spacial score (nSPS) is 18.0. The first-order valence-electron chi connectivity index (χ1n) is 9.72. The molecule has 142 valence electrons. The van der Waals surface area contributed by atoms with E-state index < -0.39 is 0 Å². The highest BCUT2D eigenvalue weighted by molar-refractivity contribution is 5.94. The number of nitrogens with one attached hydrogen (secondary N) is 1. The van der Waals surface area contributed by atoms with E-state index in [1.54, 1.807) is 12.3 Å². The monoisotopic (exact) mass is 368 g/mol. The van der Waals surface area contributed by atoms with Crippen molar-refractivity contribution in [2.75, 3.05) is 36.0 Å². The van der Waals surface area contributed by atoms with E-state index in [1.165, 1.54) is 18.9 Å². The van der Waals surface area contributed by atoms with Gasteiger partial charge in [0, 0.05) is 38.4 Å². The number of hydrogen-bond acceptors (Lipinski definition) is 4. The van der Waals surface area contributed by atoms with Gasteiger partial charge in [0.05, 0.1) is 11.3 Å². The van der Waals surface area contributed by atoms with Gasteiger partial charge in [-0.1, -0.05) is 25.0 Å². The summed E-state index contributed by atoms with van der Waals surface area (Å²) in [5.74, 6) is 0.646. The molecule has 0 spiro atoms. The maximum absolute atomic E-state index is 14.0. The number of carbonyl (C=O) groups excluding carboxylic acids is 1. The van der Waals surface area contributed by atoms with Gasteiger partial charge in [0.25, 0.3) is 5.91 Å². The van der Waals surface area contributed by atoms with Gasteiger partial charge in [-0.15, -0.1) is 0 Å². The molecular formula is C21H25FN4O. The molecule has 6 heteroatoms. The fourth-order valence-corrected chi connectivity index (χ4v) is 3.93. The number of pyridine rings is 1. The zero-order chi connectivity index (χ0) is 18.6. The first kappa shape index (κ1) is 17.8. The molecule has 1 saturated heterocycles. The first-order valence-corrected chi connectivity index (χ1v) is 9.72. The number of rotatable bonds is 4. The van der Waals surface area contributed by atoms with E-state index >= 15 is 0 Å². The summed E-state index contributed by atoms with van der Waals surface area (Å²) in [5, 5.41) is 3.09. The van der Waals surface area contributed by atoms with Crippen molar-refractivity contribution in [3.8, 4) is 0 Å². The molecule has 4 rings (SSSR count). The average Bonchev–Trinajstić information content (AvgIpc) is 3.22. The van der Waals surface area contributed by atoms with Crippen LogP contribution in [-0.4, -0.2) is 43.1 Å². The summed E-state index contributed by atoms with van der Waals surface area (Å²) in [7, 11) is 0. The van der Waals surface area contributed by atoms with Gasteiger partial charge in [0.1, 0.15) is 11.6 Å². The summed E-state index contributed by atoms with van der Waals surface area (Å²) in [6.45, 7) is 3.03. The van der Waals surface area contributed by atoms with Crippen molar-refractivity contribution in [2.24, 2.45) is 0 Å². The number of aromatic nitrogens is 1. The second kappa shape index (κ2) is 7.94. The Morgan fingerprint density at radius 2 is 1.70 bits per heavy atom. The zero-order valence-corrected chi connectivity index (χ0v) is 15.4. The summed E-state index contributed by atoms with van der Waals surface area (Å²) < 4.78 is 14.0. The molecule has 1 aliphatic heterocycles. The quantitative estimate of drug-likeness (QED) is 0.900. The summed E-state index contributed by atoms with van der Waals surface area (Å²) in [6, 6.07) is 11.0. The van der Waals surface area contributed by atoms with Gasteiger partial charge >= 0.3 is 0 Å². The van der Waals surface area contributed by atoms with Gasteiger partial charge < -0.3 is 15.1 Å². The van der Waals surface area contributed by atoms with Gasteiger partial charge in [-0.25, -0.2) is 9.37 Å². The van der Waals surface area contributed by atoms with Crippen LogP contribution in [0.2, 0.25) is 0 Å². The molecule has 1 aliphatic carbocycles. The summed E-state index contributed by atoms with van der Waals surface area (Å²) in [5.41, 5.74) is 1.26. The Hall–Kier alpha value is -2.63. The molecule has 2 aromatic rings. The molecule has 0 atom stereocenters. The topological polar surface area (TPSA) is 48.5 Å². The van der Waals surface area contributed by atoms with E-state index in [1.807, 2.05) is 24.3 Å². The molecule has 0 unspecified atom stereocenters. The maximum atomic E-state index is 14.0. The molecule has 1 N–H and O–H groups in total. The Morgan fingerprint density at radius 1 is 1.00 bits per heavy atom. The second-order valence-electron chi connectivity index (χ2n) is 7.29. The maximum Gasteiger partial charge on any atom is 0.253 e. The third-order valence-electron chi connectivity index (χ3n) is 5.50. The largest absolute Gasteiger partial charge is 0.366 e. The Balaban J connectivity index is 1.34. The molecule has 1 aromatic carbocycles. The minimum atomic E-state index is -0.179. The third-order valence-corrected chi connectivity index (χ3v) is 5.50. The highest BCUT2D eigenvalue weighted by atomic mass is 19.1. The van der Waals surface area contributed by atoms with Crippen molar-refractivity contribution in [2.45, 2.75) is 31.7 Å². The Bertz CT molecular complexity index is 781. The Morgan fingerprint density at radius 3 is 2.37 bits per heavy atom. The van der Waals surface area contributed by atoms with E-state index in [4.69, 9.17) is 0 Å². The van der Waals surface area contributed by atoms with Crippen molar-refractivity contribution in [3.63, 3.8) is 0 Å². The fourth-order valence-electron chi connectivity index (χ4n) is 3.93. The van der Waals surface area contributed by atoms with Crippen LogP contribution in [0.5, 0.6) is 0 Å². The van der Waals surface area contributed by atoms with Gasteiger partial charge in [0.15, 0.2) is 0 Å². The predicted octanol–water partition coefficient (Wildman–Crippen LogP) is 3.22. The van der Waals surface area contributed by atoms with Gasteiger partial charge in [0.2, 0.25) is 0 Å². The van der Waals surface area contributed by atoms with Crippen LogP contribution in [0.15, 0.2) is 42.6 Å². The number of carbonyl (C=O) groups is 1.